The standard InChI is InChI=1S/C16H21N5O2S/c1-12-20-14(11-24-12)10-19-16(22)18-9-13-2-3-17-15(8-13)21-4-6-23-7-5-21/h2-3,8,11H,4-7,9-10H2,1H3,(H2,18,19,22). The minimum absolute atomic E-state index is 0.203. The number of morpholine rings is 1. The van der Waals surface area contributed by atoms with Gasteiger partial charge in [-0.3, -0.25) is 0 Å². The molecule has 2 aromatic rings. The first-order valence-electron chi connectivity index (χ1n) is 7.91. The number of nitrogens with one attached hydrogen (secondary N) is 2. The van der Waals surface area contributed by atoms with Crippen LogP contribution in [0, 0.1) is 6.92 Å². The highest BCUT2D eigenvalue weighted by atomic mass is 32.1. The van der Waals surface area contributed by atoms with E-state index in [-0.39, 0.29) is 6.03 Å². The predicted octanol–water partition coefficient (Wildman–Crippen LogP) is 1.68. The third-order valence-corrected chi connectivity index (χ3v) is 4.52. The Labute approximate surface area is 145 Å². The smallest absolute Gasteiger partial charge is 0.315 e. The first-order valence-corrected chi connectivity index (χ1v) is 8.79. The van der Waals surface area contributed by atoms with Gasteiger partial charge in [0.05, 0.1) is 30.5 Å². The van der Waals surface area contributed by atoms with Gasteiger partial charge >= 0.3 is 6.03 Å². The Morgan fingerprint density at radius 1 is 1.33 bits per heavy atom. The summed E-state index contributed by atoms with van der Waals surface area (Å²) in [6, 6.07) is 3.72. The highest BCUT2D eigenvalue weighted by Crippen LogP contribution is 2.14. The van der Waals surface area contributed by atoms with E-state index in [9.17, 15) is 4.79 Å². The zero-order valence-electron chi connectivity index (χ0n) is 13.6. The van der Waals surface area contributed by atoms with Crippen molar-refractivity contribution in [1.82, 2.24) is 20.6 Å². The Morgan fingerprint density at radius 3 is 2.88 bits per heavy atom. The van der Waals surface area contributed by atoms with E-state index in [4.69, 9.17) is 4.74 Å². The van der Waals surface area contributed by atoms with Gasteiger partial charge in [-0.2, -0.15) is 0 Å². The topological polar surface area (TPSA) is 79.4 Å². The van der Waals surface area contributed by atoms with Crippen molar-refractivity contribution in [2.45, 2.75) is 20.0 Å². The molecule has 3 rings (SSSR count). The average molecular weight is 347 g/mol. The third kappa shape index (κ3) is 4.65. The summed E-state index contributed by atoms with van der Waals surface area (Å²) in [5.74, 6) is 0.927. The quantitative estimate of drug-likeness (QED) is 0.860. The fourth-order valence-corrected chi connectivity index (χ4v) is 3.05. The van der Waals surface area contributed by atoms with Crippen molar-refractivity contribution in [1.29, 1.82) is 0 Å². The maximum Gasteiger partial charge on any atom is 0.315 e. The number of carbonyl (C=O) groups excluding carboxylic acids is 1. The fourth-order valence-electron chi connectivity index (χ4n) is 2.44. The van der Waals surface area contributed by atoms with E-state index < -0.39 is 0 Å². The molecule has 128 valence electrons. The number of pyridine rings is 1. The van der Waals surface area contributed by atoms with Gasteiger partial charge in [0.25, 0.3) is 0 Å². The molecule has 0 spiro atoms. The molecule has 0 aliphatic carbocycles. The van der Waals surface area contributed by atoms with Crippen LogP contribution >= 0.6 is 11.3 Å². The fraction of sp³-hybridized carbons (Fsp3) is 0.438. The monoisotopic (exact) mass is 347 g/mol. The van der Waals surface area contributed by atoms with E-state index in [0.717, 1.165) is 48.4 Å². The molecule has 1 saturated heterocycles. The predicted molar refractivity (Wildman–Crippen MR) is 93.2 cm³/mol. The number of anilines is 1. The molecule has 1 aliphatic rings. The summed E-state index contributed by atoms with van der Waals surface area (Å²) in [4.78, 5) is 22.8. The normalized spacial score (nSPS) is 14.5. The molecule has 2 amide bonds. The summed E-state index contributed by atoms with van der Waals surface area (Å²) >= 11 is 1.58. The Bertz CT molecular complexity index is 685. The third-order valence-electron chi connectivity index (χ3n) is 3.69. The molecule has 1 fully saturated rings. The molecule has 2 N–H and O–H groups in total. The van der Waals surface area contributed by atoms with Gasteiger partial charge in [0.15, 0.2) is 0 Å². The van der Waals surface area contributed by atoms with E-state index in [1.807, 2.05) is 24.4 Å². The number of rotatable bonds is 5. The Kier molecular flexibility index (Phi) is 5.60. The lowest BCUT2D eigenvalue weighted by Gasteiger charge is -2.28. The summed E-state index contributed by atoms with van der Waals surface area (Å²) in [6.07, 6.45) is 1.78. The molecule has 0 radical (unpaired) electrons. The van der Waals surface area contributed by atoms with Gasteiger partial charge < -0.3 is 20.3 Å². The van der Waals surface area contributed by atoms with E-state index in [2.05, 4.69) is 25.5 Å². The largest absolute Gasteiger partial charge is 0.378 e. The number of aryl methyl sites for hydroxylation is 1. The van der Waals surface area contributed by atoms with Crippen LogP contribution in [0.3, 0.4) is 0 Å². The molecule has 0 bridgehead atoms. The van der Waals surface area contributed by atoms with Crippen LogP contribution in [-0.4, -0.2) is 42.3 Å². The lowest BCUT2D eigenvalue weighted by molar-refractivity contribution is 0.122. The summed E-state index contributed by atoms with van der Waals surface area (Å²) < 4.78 is 5.36. The Hall–Kier alpha value is -2.19. The van der Waals surface area contributed by atoms with Crippen molar-refractivity contribution in [3.63, 3.8) is 0 Å². The minimum Gasteiger partial charge on any atom is -0.378 e. The van der Waals surface area contributed by atoms with Gasteiger partial charge in [0.1, 0.15) is 5.82 Å². The number of hydrogen-bond donors (Lipinski definition) is 2. The lowest BCUT2D eigenvalue weighted by Crippen LogP contribution is -2.37. The molecule has 8 heteroatoms. The zero-order chi connectivity index (χ0) is 16.8. The molecule has 3 heterocycles. The maximum atomic E-state index is 11.9. The van der Waals surface area contributed by atoms with Crippen LogP contribution in [0.4, 0.5) is 10.6 Å². The Balaban J connectivity index is 1.47. The molecule has 7 nitrogen and oxygen atoms in total. The van der Waals surface area contributed by atoms with Crippen molar-refractivity contribution in [3.8, 4) is 0 Å². The molecule has 0 atom stereocenters. The van der Waals surface area contributed by atoms with Crippen LogP contribution in [0.25, 0.3) is 0 Å². The zero-order valence-corrected chi connectivity index (χ0v) is 14.4. The maximum absolute atomic E-state index is 11.9. The second kappa shape index (κ2) is 8.07. The second-order valence-electron chi connectivity index (χ2n) is 5.52. The highest BCUT2D eigenvalue weighted by molar-refractivity contribution is 7.09. The van der Waals surface area contributed by atoms with E-state index in [0.29, 0.717) is 13.1 Å². The number of carbonyl (C=O) groups is 1. The SMILES string of the molecule is Cc1nc(CNC(=O)NCc2ccnc(N3CCOCC3)c2)cs1. The molecule has 1 aliphatic heterocycles. The van der Waals surface area contributed by atoms with Gasteiger partial charge in [0.2, 0.25) is 0 Å². The minimum atomic E-state index is -0.203. The molecule has 0 saturated carbocycles. The molecule has 2 aromatic heterocycles. The number of urea groups is 1. The van der Waals surface area contributed by atoms with Crippen LogP contribution in [0.1, 0.15) is 16.3 Å². The molecule has 0 aromatic carbocycles. The molecule has 24 heavy (non-hydrogen) atoms. The first kappa shape index (κ1) is 16.7. The summed E-state index contributed by atoms with van der Waals surface area (Å²) in [5, 5.41) is 8.62. The number of thiazole rings is 1. The number of nitrogens with zero attached hydrogens (tertiary/aromatic N) is 3. The number of hydrogen-bond acceptors (Lipinski definition) is 6. The van der Waals surface area contributed by atoms with Crippen molar-refractivity contribution >= 4 is 23.2 Å². The molecular formula is C16H21N5O2S. The lowest BCUT2D eigenvalue weighted by atomic mass is 10.2. The average Bonchev–Trinajstić information content (AvgIpc) is 3.04. The molecular weight excluding hydrogens is 326 g/mol. The van der Waals surface area contributed by atoms with Gasteiger partial charge in [-0.05, 0) is 24.6 Å². The summed E-state index contributed by atoms with van der Waals surface area (Å²) in [6.45, 7) is 5.98. The van der Waals surface area contributed by atoms with Crippen molar-refractivity contribution < 1.29 is 9.53 Å². The summed E-state index contributed by atoms with van der Waals surface area (Å²) in [7, 11) is 0. The molecule has 0 unspecified atom stereocenters. The van der Waals surface area contributed by atoms with Gasteiger partial charge in [-0.15, -0.1) is 11.3 Å². The van der Waals surface area contributed by atoms with Crippen molar-refractivity contribution in [2.75, 3.05) is 31.2 Å². The summed E-state index contributed by atoms with van der Waals surface area (Å²) in [5.41, 5.74) is 1.90. The van der Waals surface area contributed by atoms with Crippen LogP contribution in [0.2, 0.25) is 0 Å². The van der Waals surface area contributed by atoms with Gasteiger partial charge in [-0.25, -0.2) is 14.8 Å². The number of aromatic nitrogens is 2. The van der Waals surface area contributed by atoms with E-state index in [1.54, 1.807) is 17.5 Å². The number of ether oxygens (including phenoxy) is 1. The highest BCUT2D eigenvalue weighted by Gasteiger charge is 2.12. The van der Waals surface area contributed by atoms with E-state index in [1.165, 1.54) is 0 Å². The van der Waals surface area contributed by atoms with Gasteiger partial charge in [-0.1, -0.05) is 0 Å². The first-order chi connectivity index (χ1) is 11.7. The van der Waals surface area contributed by atoms with E-state index >= 15 is 0 Å². The van der Waals surface area contributed by atoms with Crippen molar-refractivity contribution in [3.05, 3.63) is 40.0 Å². The second-order valence-corrected chi connectivity index (χ2v) is 6.58. The van der Waals surface area contributed by atoms with Crippen LogP contribution < -0.4 is 15.5 Å². The van der Waals surface area contributed by atoms with Gasteiger partial charge in [0, 0.05) is 31.2 Å². The van der Waals surface area contributed by atoms with Crippen LogP contribution in [-0.2, 0) is 17.8 Å². The van der Waals surface area contributed by atoms with Crippen LogP contribution in [0.5, 0.6) is 0 Å². The van der Waals surface area contributed by atoms with Crippen molar-refractivity contribution in [2.24, 2.45) is 0 Å². The van der Waals surface area contributed by atoms with Crippen LogP contribution in [0.15, 0.2) is 23.7 Å². The Morgan fingerprint density at radius 2 is 2.12 bits per heavy atom. The number of amides is 2.